The molecule has 1 heterocycles. The third-order valence-electron chi connectivity index (χ3n) is 2.92. The van der Waals surface area contributed by atoms with Gasteiger partial charge in [0, 0.05) is 4.88 Å². The topological polar surface area (TPSA) is 60.2 Å². The third kappa shape index (κ3) is 3.65. The van der Waals surface area contributed by atoms with Crippen LogP contribution in [-0.2, 0) is 16.4 Å². The van der Waals surface area contributed by atoms with Crippen molar-refractivity contribution in [3.05, 3.63) is 42.0 Å². The Hall–Kier alpha value is -1.17. The second-order valence-corrected chi connectivity index (χ2v) is 7.34. The van der Waals surface area contributed by atoms with Crippen molar-refractivity contribution in [3.63, 3.8) is 0 Å². The van der Waals surface area contributed by atoms with Crippen molar-refractivity contribution in [1.82, 2.24) is 0 Å². The number of hydrogen-bond acceptors (Lipinski definition) is 3. The summed E-state index contributed by atoms with van der Waals surface area (Å²) in [6.45, 7) is 2.18. The number of aryl methyl sites for hydroxylation is 1. The number of primary sulfonamides is 1. The average Bonchev–Trinajstić information content (AvgIpc) is 2.86. The van der Waals surface area contributed by atoms with E-state index in [1.54, 1.807) is 12.1 Å². The molecule has 19 heavy (non-hydrogen) atoms. The smallest absolute Gasteiger partial charge is 0.224 e. The monoisotopic (exact) mass is 295 g/mol. The molecule has 0 aliphatic carbocycles. The molecule has 0 saturated heterocycles. The van der Waals surface area contributed by atoms with Crippen molar-refractivity contribution in [3.8, 4) is 10.4 Å². The van der Waals surface area contributed by atoms with Crippen LogP contribution in [0.25, 0.3) is 10.4 Å². The standard InChI is InChI=1S/C14H17NO2S2/c1-2-3-4-11-5-7-12(8-6-11)13-9-10-14(18-13)19(15,16)17/h5-10H,2-4H2,1H3,(H2,15,16,17). The highest BCUT2D eigenvalue weighted by Gasteiger charge is 2.11. The lowest BCUT2D eigenvalue weighted by atomic mass is 10.1. The highest BCUT2D eigenvalue weighted by Crippen LogP contribution is 2.30. The van der Waals surface area contributed by atoms with E-state index in [9.17, 15) is 8.42 Å². The quantitative estimate of drug-likeness (QED) is 0.919. The number of nitrogens with two attached hydrogens (primary N) is 1. The van der Waals surface area contributed by atoms with E-state index in [1.165, 1.54) is 29.7 Å². The van der Waals surface area contributed by atoms with Crippen LogP contribution in [0.4, 0.5) is 0 Å². The van der Waals surface area contributed by atoms with Crippen molar-refractivity contribution < 1.29 is 8.42 Å². The maximum atomic E-state index is 11.2. The minimum Gasteiger partial charge on any atom is -0.224 e. The van der Waals surface area contributed by atoms with Crippen LogP contribution in [0.3, 0.4) is 0 Å². The fourth-order valence-electron chi connectivity index (χ4n) is 1.84. The van der Waals surface area contributed by atoms with Crippen LogP contribution < -0.4 is 5.14 Å². The Morgan fingerprint density at radius 3 is 2.32 bits per heavy atom. The molecular weight excluding hydrogens is 278 g/mol. The van der Waals surface area contributed by atoms with E-state index >= 15 is 0 Å². The zero-order valence-electron chi connectivity index (χ0n) is 10.8. The Bertz CT molecular complexity index is 642. The SMILES string of the molecule is CCCCc1ccc(-c2ccc(S(N)(=O)=O)s2)cc1. The highest BCUT2D eigenvalue weighted by molar-refractivity contribution is 7.91. The van der Waals surface area contributed by atoms with Gasteiger partial charge in [-0.2, -0.15) is 0 Å². The second-order valence-electron chi connectivity index (χ2n) is 4.46. The first-order valence-electron chi connectivity index (χ1n) is 6.22. The van der Waals surface area contributed by atoms with Crippen LogP contribution in [0.5, 0.6) is 0 Å². The largest absolute Gasteiger partial charge is 0.247 e. The van der Waals surface area contributed by atoms with Gasteiger partial charge in [0.15, 0.2) is 0 Å². The average molecular weight is 295 g/mol. The van der Waals surface area contributed by atoms with E-state index in [1.807, 2.05) is 12.1 Å². The fraction of sp³-hybridized carbons (Fsp3) is 0.286. The predicted molar refractivity (Wildman–Crippen MR) is 79.7 cm³/mol. The third-order valence-corrected chi connectivity index (χ3v) is 5.49. The summed E-state index contributed by atoms with van der Waals surface area (Å²) in [5, 5.41) is 5.11. The number of sulfonamides is 1. The molecule has 0 radical (unpaired) electrons. The van der Waals surface area contributed by atoms with Crippen LogP contribution in [0.15, 0.2) is 40.6 Å². The van der Waals surface area contributed by atoms with Gasteiger partial charge in [-0.1, -0.05) is 37.6 Å². The van der Waals surface area contributed by atoms with Gasteiger partial charge in [-0.15, -0.1) is 11.3 Å². The van der Waals surface area contributed by atoms with Gasteiger partial charge in [-0.3, -0.25) is 0 Å². The van der Waals surface area contributed by atoms with Gasteiger partial charge in [0.05, 0.1) is 0 Å². The molecule has 0 aliphatic heterocycles. The molecule has 3 nitrogen and oxygen atoms in total. The van der Waals surface area contributed by atoms with E-state index in [4.69, 9.17) is 5.14 Å². The summed E-state index contributed by atoms with van der Waals surface area (Å²) < 4.78 is 22.7. The van der Waals surface area contributed by atoms with Gasteiger partial charge >= 0.3 is 0 Å². The second kappa shape index (κ2) is 5.86. The predicted octanol–water partition coefficient (Wildman–Crippen LogP) is 3.41. The van der Waals surface area contributed by atoms with Crippen LogP contribution >= 0.6 is 11.3 Å². The van der Waals surface area contributed by atoms with Gasteiger partial charge < -0.3 is 0 Å². The molecule has 2 aromatic rings. The first-order valence-corrected chi connectivity index (χ1v) is 8.59. The molecule has 0 atom stereocenters. The van der Waals surface area contributed by atoms with Gasteiger partial charge in [0.25, 0.3) is 0 Å². The molecule has 1 aromatic heterocycles. The number of rotatable bonds is 5. The Balaban J connectivity index is 2.20. The van der Waals surface area contributed by atoms with E-state index in [0.29, 0.717) is 0 Å². The van der Waals surface area contributed by atoms with Crippen molar-refractivity contribution in [1.29, 1.82) is 0 Å². The van der Waals surface area contributed by atoms with Crippen molar-refractivity contribution in [2.75, 3.05) is 0 Å². The summed E-state index contributed by atoms with van der Waals surface area (Å²) >= 11 is 1.20. The van der Waals surface area contributed by atoms with Gasteiger partial charge in [0.2, 0.25) is 10.0 Å². The Kier molecular flexibility index (Phi) is 4.39. The van der Waals surface area contributed by atoms with Gasteiger partial charge in [0.1, 0.15) is 4.21 Å². The molecule has 0 unspecified atom stereocenters. The van der Waals surface area contributed by atoms with Crippen LogP contribution in [-0.4, -0.2) is 8.42 Å². The molecular formula is C14H17NO2S2. The number of unbranched alkanes of at least 4 members (excludes halogenated alkanes) is 1. The minimum absolute atomic E-state index is 0.206. The van der Waals surface area contributed by atoms with E-state index in [2.05, 4.69) is 19.1 Å². The van der Waals surface area contributed by atoms with Crippen molar-refractivity contribution >= 4 is 21.4 Å². The Morgan fingerprint density at radius 2 is 1.79 bits per heavy atom. The molecule has 0 fully saturated rings. The van der Waals surface area contributed by atoms with Crippen LogP contribution in [0.1, 0.15) is 25.3 Å². The number of hydrogen-bond donors (Lipinski definition) is 1. The van der Waals surface area contributed by atoms with E-state index in [0.717, 1.165) is 16.9 Å². The lowest BCUT2D eigenvalue weighted by Crippen LogP contribution is -2.09. The summed E-state index contributed by atoms with van der Waals surface area (Å²) in [4.78, 5) is 0.922. The first-order chi connectivity index (χ1) is 9.00. The molecule has 5 heteroatoms. The van der Waals surface area contributed by atoms with E-state index in [-0.39, 0.29) is 4.21 Å². The molecule has 1 aromatic carbocycles. The summed E-state index contributed by atoms with van der Waals surface area (Å²) in [6.07, 6.45) is 3.46. The molecule has 0 saturated carbocycles. The van der Waals surface area contributed by atoms with E-state index < -0.39 is 10.0 Å². The maximum absolute atomic E-state index is 11.2. The molecule has 0 spiro atoms. The first kappa shape index (κ1) is 14.2. The molecule has 102 valence electrons. The summed E-state index contributed by atoms with van der Waals surface area (Å²) in [5.41, 5.74) is 2.34. The lowest BCUT2D eigenvalue weighted by Gasteiger charge is -2.02. The normalized spacial score (nSPS) is 11.7. The van der Waals surface area contributed by atoms with Crippen LogP contribution in [0, 0.1) is 0 Å². The molecule has 2 rings (SSSR count). The van der Waals surface area contributed by atoms with Gasteiger partial charge in [-0.25, -0.2) is 13.6 Å². The van der Waals surface area contributed by atoms with Crippen molar-refractivity contribution in [2.45, 2.75) is 30.4 Å². The summed E-state index contributed by atoms with van der Waals surface area (Å²) in [6, 6.07) is 11.6. The summed E-state index contributed by atoms with van der Waals surface area (Å²) in [5.74, 6) is 0. The Morgan fingerprint density at radius 1 is 1.11 bits per heavy atom. The van der Waals surface area contributed by atoms with Gasteiger partial charge in [-0.05, 0) is 36.1 Å². The zero-order valence-corrected chi connectivity index (χ0v) is 12.4. The molecule has 2 N–H and O–H groups in total. The molecule has 0 aliphatic rings. The Labute approximate surface area is 118 Å². The number of benzene rings is 1. The highest BCUT2D eigenvalue weighted by atomic mass is 32.2. The van der Waals surface area contributed by atoms with Crippen LogP contribution in [0.2, 0.25) is 0 Å². The minimum atomic E-state index is -3.59. The van der Waals surface area contributed by atoms with Crippen molar-refractivity contribution in [2.24, 2.45) is 5.14 Å². The lowest BCUT2D eigenvalue weighted by molar-refractivity contribution is 0.600. The zero-order chi connectivity index (χ0) is 13.9. The number of thiophene rings is 1. The molecule has 0 bridgehead atoms. The molecule has 0 amide bonds. The maximum Gasteiger partial charge on any atom is 0.247 e. The summed E-state index contributed by atoms with van der Waals surface area (Å²) in [7, 11) is -3.59. The fourth-order valence-corrected chi connectivity index (χ4v) is 3.58.